The molecule has 0 spiro atoms. The Morgan fingerprint density at radius 2 is 1.74 bits per heavy atom. The van der Waals surface area contributed by atoms with E-state index in [4.69, 9.17) is 10.00 Å². The summed E-state index contributed by atoms with van der Waals surface area (Å²) in [7, 11) is 0. The second kappa shape index (κ2) is 9.27. The third-order valence-corrected chi connectivity index (χ3v) is 5.36. The lowest BCUT2D eigenvalue weighted by Gasteiger charge is -2.14. The summed E-state index contributed by atoms with van der Waals surface area (Å²) < 4.78 is 18.8. The summed E-state index contributed by atoms with van der Waals surface area (Å²) in [5, 5.41) is 11.8. The van der Waals surface area contributed by atoms with Crippen molar-refractivity contribution in [3.8, 4) is 17.2 Å². The Hall–Kier alpha value is -3.91. The minimum absolute atomic E-state index is 0.0235. The van der Waals surface area contributed by atoms with E-state index in [1.807, 2.05) is 30.3 Å². The van der Waals surface area contributed by atoms with Crippen LogP contribution in [0.3, 0.4) is 0 Å². The highest BCUT2D eigenvalue weighted by molar-refractivity contribution is 5.79. The van der Waals surface area contributed by atoms with Gasteiger partial charge >= 0.3 is 6.09 Å². The van der Waals surface area contributed by atoms with Crippen LogP contribution in [0.4, 0.5) is 9.18 Å². The second-order valence-electron chi connectivity index (χ2n) is 7.29. The molecule has 1 aliphatic rings. The van der Waals surface area contributed by atoms with Gasteiger partial charge in [-0.3, -0.25) is 0 Å². The number of halogens is 1. The predicted octanol–water partition coefficient (Wildman–Crippen LogP) is 5.64. The molecule has 3 aromatic rings. The van der Waals surface area contributed by atoms with Crippen LogP contribution in [0.25, 0.3) is 17.2 Å². The van der Waals surface area contributed by atoms with E-state index >= 15 is 0 Å². The molecule has 0 unspecified atom stereocenters. The number of rotatable bonds is 6. The topological polar surface area (TPSA) is 62.1 Å². The SMILES string of the molecule is N#Cc1ccc(F)cc1C=CCCNC(=O)OCC1c2ccccc2-c2ccccc21. The summed E-state index contributed by atoms with van der Waals surface area (Å²) in [5.74, 6) is -0.370. The van der Waals surface area contributed by atoms with Gasteiger partial charge in [0.25, 0.3) is 0 Å². The van der Waals surface area contributed by atoms with E-state index in [9.17, 15) is 9.18 Å². The van der Waals surface area contributed by atoms with Crippen molar-refractivity contribution < 1.29 is 13.9 Å². The molecule has 31 heavy (non-hydrogen) atoms. The number of nitriles is 1. The number of nitrogens with one attached hydrogen (secondary N) is 1. The summed E-state index contributed by atoms with van der Waals surface area (Å²) in [6, 6.07) is 22.4. The van der Waals surface area contributed by atoms with Crippen LogP contribution in [0, 0.1) is 17.1 Å². The van der Waals surface area contributed by atoms with Crippen LogP contribution in [0.5, 0.6) is 0 Å². The minimum atomic E-state index is -0.473. The number of amides is 1. The van der Waals surface area contributed by atoms with E-state index in [0.717, 1.165) is 0 Å². The van der Waals surface area contributed by atoms with Crippen molar-refractivity contribution in [2.75, 3.05) is 13.2 Å². The van der Waals surface area contributed by atoms with E-state index in [1.54, 1.807) is 12.2 Å². The van der Waals surface area contributed by atoms with Crippen LogP contribution in [0.1, 0.15) is 34.6 Å². The fraction of sp³-hybridized carbons (Fsp3) is 0.154. The molecule has 0 bridgehead atoms. The van der Waals surface area contributed by atoms with Crippen molar-refractivity contribution in [2.24, 2.45) is 0 Å². The fourth-order valence-electron chi connectivity index (χ4n) is 3.89. The van der Waals surface area contributed by atoms with Crippen molar-refractivity contribution in [1.29, 1.82) is 5.26 Å². The van der Waals surface area contributed by atoms with Gasteiger partial charge in [-0.15, -0.1) is 0 Å². The number of benzene rings is 3. The Balaban J connectivity index is 1.29. The third-order valence-electron chi connectivity index (χ3n) is 5.36. The molecule has 0 heterocycles. The molecule has 0 aliphatic heterocycles. The number of nitrogens with zero attached hydrogens (tertiary/aromatic N) is 1. The predicted molar refractivity (Wildman–Crippen MR) is 118 cm³/mol. The van der Waals surface area contributed by atoms with E-state index in [0.29, 0.717) is 24.1 Å². The molecule has 1 N–H and O–H groups in total. The quantitative estimate of drug-likeness (QED) is 0.533. The van der Waals surface area contributed by atoms with Gasteiger partial charge < -0.3 is 10.1 Å². The first-order valence-corrected chi connectivity index (χ1v) is 10.1. The van der Waals surface area contributed by atoms with Gasteiger partial charge in [0, 0.05) is 12.5 Å². The van der Waals surface area contributed by atoms with E-state index < -0.39 is 11.9 Å². The zero-order chi connectivity index (χ0) is 21.6. The van der Waals surface area contributed by atoms with Crippen LogP contribution in [0.15, 0.2) is 72.8 Å². The number of hydrogen-bond donors (Lipinski definition) is 1. The highest BCUT2D eigenvalue weighted by Gasteiger charge is 2.28. The van der Waals surface area contributed by atoms with Gasteiger partial charge in [0.05, 0.1) is 11.6 Å². The Morgan fingerprint density at radius 1 is 1.06 bits per heavy atom. The van der Waals surface area contributed by atoms with Gasteiger partial charge in [0.2, 0.25) is 0 Å². The lowest BCUT2D eigenvalue weighted by Crippen LogP contribution is -2.26. The van der Waals surface area contributed by atoms with Crippen molar-refractivity contribution >= 4 is 12.2 Å². The van der Waals surface area contributed by atoms with E-state index in [1.165, 1.54) is 40.5 Å². The lowest BCUT2D eigenvalue weighted by molar-refractivity contribution is 0.143. The van der Waals surface area contributed by atoms with Gasteiger partial charge in [-0.25, -0.2) is 9.18 Å². The maximum Gasteiger partial charge on any atom is 0.407 e. The zero-order valence-electron chi connectivity index (χ0n) is 16.8. The van der Waals surface area contributed by atoms with Crippen molar-refractivity contribution in [1.82, 2.24) is 5.32 Å². The molecule has 5 heteroatoms. The highest BCUT2D eigenvalue weighted by atomic mass is 19.1. The minimum Gasteiger partial charge on any atom is -0.449 e. The van der Waals surface area contributed by atoms with Crippen molar-refractivity contribution in [3.05, 3.63) is 101 Å². The maximum absolute atomic E-state index is 13.3. The number of carbonyl (C=O) groups is 1. The van der Waals surface area contributed by atoms with Gasteiger partial charge in [0.15, 0.2) is 0 Å². The van der Waals surface area contributed by atoms with Crippen molar-refractivity contribution in [3.63, 3.8) is 0 Å². The van der Waals surface area contributed by atoms with Gasteiger partial charge in [-0.1, -0.05) is 60.7 Å². The van der Waals surface area contributed by atoms with Gasteiger partial charge in [-0.05, 0) is 52.4 Å². The van der Waals surface area contributed by atoms with Crippen LogP contribution >= 0.6 is 0 Å². The molecular formula is C26H21FN2O2. The van der Waals surface area contributed by atoms with Crippen LogP contribution in [0.2, 0.25) is 0 Å². The maximum atomic E-state index is 13.3. The van der Waals surface area contributed by atoms with Gasteiger partial charge in [-0.2, -0.15) is 5.26 Å². The van der Waals surface area contributed by atoms with Crippen LogP contribution < -0.4 is 5.32 Å². The molecule has 0 aromatic heterocycles. The highest BCUT2D eigenvalue weighted by Crippen LogP contribution is 2.44. The molecule has 0 fully saturated rings. The molecule has 4 rings (SSSR count). The van der Waals surface area contributed by atoms with E-state index in [-0.39, 0.29) is 12.5 Å². The molecule has 0 radical (unpaired) electrons. The molecule has 1 amide bonds. The summed E-state index contributed by atoms with van der Waals surface area (Å²) in [6.07, 6.45) is 3.53. The summed E-state index contributed by atoms with van der Waals surface area (Å²) in [4.78, 5) is 12.2. The average Bonchev–Trinajstić information content (AvgIpc) is 3.11. The average molecular weight is 412 g/mol. The molecule has 0 saturated heterocycles. The normalized spacial score (nSPS) is 12.3. The number of carbonyl (C=O) groups excluding carboxylic acids is 1. The molecule has 3 aromatic carbocycles. The largest absolute Gasteiger partial charge is 0.449 e. The Bertz CT molecular complexity index is 1130. The van der Waals surface area contributed by atoms with Crippen molar-refractivity contribution in [2.45, 2.75) is 12.3 Å². The molecule has 1 aliphatic carbocycles. The summed E-state index contributed by atoms with van der Waals surface area (Å²) in [5.41, 5.74) is 5.63. The summed E-state index contributed by atoms with van der Waals surface area (Å²) in [6.45, 7) is 0.648. The number of hydrogen-bond acceptors (Lipinski definition) is 3. The molecular weight excluding hydrogens is 391 g/mol. The molecule has 4 nitrogen and oxygen atoms in total. The van der Waals surface area contributed by atoms with Crippen LogP contribution in [-0.4, -0.2) is 19.2 Å². The zero-order valence-corrected chi connectivity index (χ0v) is 16.8. The second-order valence-corrected chi connectivity index (χ2v) is 7.29. The van der Waals surface area contributed by atoms with E-state index in [2.05, 4.69) is 29.6 Å². The first-order valence-electron chi connectivity index (χ1n) is 10.1. The standard InChI is InChI=1S/C26H21FN2O2/c27-20-13-12-19(16-28)18(15-20)7-5-6-14-29-26(30)31-17-25-23-10-3-1-8-21(23)22-9-2-4-11-24(22)25/h1-5,7-13,15,25H,6,14,17H2,(H,29,30). The first kappa shape index (κ1) is 20.4. The van der Waals surface area contributed by atoms with Gasteiger partial charge in [0.1, 0.15) is 12.4 Å². The Kier molecular flexibility index (Phi) is 6.09. The molecule has 0 saturated carbocycles. The first-order chi connectivity index (χ1) is 15.2. The van der Waals surface area contributed by atoms with Crippen LogP contribution in [-0.2, 0) is 4.74 Å². The smallest absolute Gasteiger partial charge is 0.407 e. The number of ether oxygens (including phenoxy) is 1. The number of fused-ring (bicyclic) bond motifs is 3. The lowest BCUT2D eigenvalue weighted by atomic mass is 9.98. The fourth-order valence-corrected chi connectivity index (χ4v) is 3.89. The molecule has 154 valence electrons. The number of alkyl carbamates (subject to hydrolysis) is 1. The summed E-state index contributed by atoms with van der Waals surface area (Å²) >= 11 is 0. The Labute approximate surface area is 180 Å². The monoisotopic (exact) mass is 412 g/mol. The third kappa shape index (κ3) is 4.49. The Morgan fingerprint density at radius 3 is 2.42 bits per heavy atom. The molecule has 0 atom stereocenters.